The summed E-state index contributed by atoms with van der Waals surface area (Å²) in [6.45, 7) is 3.51. The van der Waals surface area contributed by atoms with E-state index in [-0.39, 0.29) is 23.8 Å². The topological polar surface area (TPSA) is 124 Å². The van der Waals surface area contributed by atoms with Gasteiger partial charge in [0.05, 0.1) is 11.6 Å². The Balaban J connectivity index is 1.64. The zero-order valence-corrected chi connectivity index (χ0v) is 20.2. The Kier molecular flexibility index (Phi) is 7.79. The first-order valence-electron chi connectivity index (χ1n) is 11.9. The van der Waals surface area contributed by atoms with Gasteiger partial charge in [0.25, 0.3) is 0 Å². The zero-order chi connectivity index (χ0) is 25.5. The lowest BCUT2D eigenvalue weighted by Gasteiger charge is -2.29. The molecule has 4 rings (SSSR count). The van der Waals surface area contributed by atoms with E-state index in [1.54, 1.807) is 11.7 Å². The highest BCUT2D eigenvalue weighted by Crippen LogP contribution is 2.34. The Bertz CT molecular complexity index is 1240. The molecule has 0 unspecified atom stereocenters. The summed E-state index contributed by atoms with van der Waals surface area (Å²) in [4.78, 5) is 23.9. The van der Waals surface area contributed by atoms with Gasteiger partial charge in [0, 0.05) is 18.7 Å². The fraction of sp³-hybridized carbons (Fsp3) is 0.259. The van der Waals surface area contributed by atoms with Crippen LogP contribution < -0.4 is 21.2 Å². The Morgan fingerprint density at radius 3 is 2.39 bits per heavy atom. The van der Waals surface area contributed by atoms with Crippen LogP contribution in [-0.2, 0) is 4.79 Å². The van der Waals surface area contributed by atoms with Crippen LogP contribution in [0.3, 0.4) is 0 Å². The number of rotatable bonds is 9. The van der Waals surface area contributed by atoms with Crippen LogP contribution in [0.1, 0.15) is 47.8 Å². The summed E-state index contributed by atoms with van der Waals surface area (Å²) in [5.74, 6) is 1.42. The van der Waals surface area contributed by atoms with E-state index in [0.29, 0.717) is 22.7 Å². The van der Waals surface area contributed by atoms with Crippen LogP contribution >= 0.6 is 0 Å². The minimum atomic E-state index is -0.175. The molecule has 1 saturated carbocycles. The summed E-state index contributed by atoms with van der Waals surface area (Å²) in [6, 6.07) is 17.1. The maximum absolute atomic E-state index is 12.3. The SMILES string of the molecule is C=CC(=O)NC1CCC(n2nc(-c3ccc(Oc4ccccc4)cc3)c(/C(N)=N\NC)c2C=O)CC1. The third-order valence-electron chi connectivity index (χ3n) is 6.23. The predicted octanol–water partition coefficient (Wildman–Crippen LogP) is 3.78. The Hall–Kier alpha value is -4.40. The first kappa shape index (κ1) is 24.7. The maximum atomic E-state index is 12.3. The summed E-state index contributed by atoms with van der Waals surface area (Å²) in [7, 11) is 1.64. The molecule has 36 heavy (non-hydrogen) atoms. The fourth-order valence-corrected chi connectivity index (χ4v) is 4.50. The number of para-hydroxylation sites is 1. The van der Waals surface area contributed by atoms with Crippen LogP contribution in [0.15, 0.2) is 72.4 Å². The summed E-state index contributed by atoms with van der Waals surface area (Å²) in [5, 5.41) is 11.9. The molecule has 0 saturated heterocycles. The van der Waals surface area contributed by atoms with E-state index in [0.717, 1.165) is 43.3 Å². The Morgan fingerprint density at radius 1 is 1.11 bits per heavy atom. The minimum absolute atomic E-state index is 0.00217. The van der Waals surface area contributed by atoms with E-state index in [1.165, 1.54) is 6.08 Å². The lowest BCUT2D eigenvalue weighted by Crippen LogP contribution is -2.37. The van der Waals surface area contributed by atoms with E-state index in [9.17, 15) is 9.59 Å². The summed E-state index contributed by atoms with van der Waals surface area (Å²) >= 11 is 0. The van der Waals surface area contributed by atoms with Crippen LogP contribution in [0.25, 0.3) is 11.3 Å². The van der Waals surface area contributed by atoms with E-state index in [4.69, 9.17) is 15.6 Å². The fourth-order valence-electron chi connectivity index (χ4n) is 4.50. The number of carbonyl (C=O) groups excluding carboxylic acids is 2. The number of nitrogens with two attached hydrogens (primary N) is 1. The molecule has 1 aliphatic rings. The molecular weight excluding hydrogens is 456 g/mol. The van der Waals surface area contributed by atoms with Gasteiger partial charge in [0.1, 0.15) is 22.9 Å². The molecule has 9 heteroatoms. The van der Waals surface area contributed by atoms with Crippen molar-refractivity contribution in [3.05, 3.63) is 78.5 Å². The molecule has 1 heterocycles. The average Bonchev–Trinajstić information content (AvgIpc) is 3.30. The number of benzene rings is 2. The molecule has 9 nitrogen and oxygen atoms in total. The first-order chi connectivity index (χ1) is 17.5. The number of aldehydes is 1. The number of aromatic nitrogens is 2. The van der Waals surface area contributed by atoms with Crippen molar-refractivity contribution in [3.63, 3.8) is 0 Å². The molecule has 186 valence electrons. The van der Waals surface area contributed by atoms with Crippen molar-refractivity contribution in [1.29, 1.82) is 0 Å². The van der Waals surface area contributed by atoms with Crippen molar-refractivity contribution in [2.75, 3.05) is 7.05 Å². The van der Waals surface area contributed by atoms with Crippen molar-refractivity contribution in [2.24, 2.45) is 10.8 Å². The monoisotopic (exact) mass is 486 g/mol. The van der Waals surface area contributed by atoms with Gasteiger partial charge in [0.15, 0.2) is 12.1 Å². The first-order valence-corrected chi connectivity index (χ1v) is 11.9. The van der Waals surface area contributed by atoms with Gasteiger partial charge < -0.3 is 21.2 Å². The normalized spacial score (nSPS) is 17.8. The molecule has 2 aromatic carbocycles. The molecule has 0 bridgehead atoms. The minimum Gasteiger partial charge on any atom is -0.457 e. The second-order valence-corrected chi connectivity index (χ2v) is 8.55. The van der Waals surface area contributed by atoms with Gasteiger partial charge in [-0.25, -0.2) is 0 Å². The summed E-state index contributed by atoms with van der Waals surface area (Å²) in [6.07, 6.45) is 5.13. The van der Waals surface area contributed by atoms with Gasteiger partial charge in [-0.3, -0.25) is 14.3 Å². The van der Waals surface area contributed by atoms with Gasteiger partial charge in [-0.05, 0) is 68.2 Å². The molecule has 0 atom stereocenters. The van der Waals surface area contributed by atoms with Crippen molar-refractivity contribution < 1.29 is 14.3 Å². The van der Waals surface area contributed by atoms with E-state index in [2.05, 4.69) is 22.4 Å². The van der Waals surface area contributed by atoms with Crippen LogP contribution in [0.2, 0.25) is 0 Å². The second kappa shape index (κ2) is 11.4. The van der Waals surface area contributed by atoms with Crippen LogP contribution in [0.4, 0.5) is 0 Å². The number of nitrogens with zero attached hydrogens (tertiary/aromatic N) is 3. The number of hydrogen-bond donors (Lipinski definition) is 3. The largest absolute Gasteiger partial charge is 0.457 e. The number of amidine groups is 1. The molecule has 0 spiro atoms. The van der Waals surface area contributed by atoms with Crippen LogP contribution in [0.5, 0.6) is 11.5 Å². The lowest BCUT2D eigenvalue weighted by atomic mass is 9.91. The van der Waals surface area contributed by atoms with Gasteiger partial charge in [0.2, 0.25) is 5.91 Å². The van der Waals surface area contributed by atoms with Gasteiger partial charge in [-0.1, -0.05) is 24.8 Å². The zero-order valence-electron chi connectivity index (χ0n) is 20.2. The molecular formula is C27H30N6O3. The van der Waals surface area contributed by atoms with Crippen LogP contribution in [-0.4, -0.2) is 40.9 Å². The molecule has 0 radical (unpaired) electrons. The smallest absolute Gasteiger partial charge is 0.243 e. The highest BCUT2D eigenvalue weighted by Gasteiger charge is 2.29. The molecule has 4 N–H and O–H groups in total. The quantitative estimate of drug-likeness (QED) is 0.139. The van der Waals surface area contributed by atoms with Crippen molar-refractivity contribution in [1.82, 2.24) is 20.5 Å². The van der Waals surface area contributed by atoms with E-state index in [1.807, 2.05) is 54.6 Å². The summed E-state index contributed by atoms with van der Waals surface area (Å²) in [5.41, 5.74) is 11.2. The molecule has 3 aromatic rings. The number of hydrogen-bond acceptors (Lipinski definition) is 6. The molecule has 1 fully saturated rings. The predicted molar refractivity (Wildman–Crippen MR) is 139 cm³/mol. The number of amides is 1. The molecule has 1 amide bonds. The second-order valence-electron chi connectivity index (χ2n) is 8.55. The third kappa shape index (κ3) is 5.46. The van der Waals surface area contributed by atoms with Crippen molar-refractivity contribution in [2.45, 2.75) is 37.8 Å². The number of carbonyl (C=O) groups is 2. The average molecular weight is 487 g/mol. The standard InChI is InChI=1S/C27H30N6O3/c1-3-24(35)30-19-11-13-20(14-12-19)33-23(17-34)25(27(28)31-29-2)26(32-33)18-9-15-22(16-10-18)36-21-7-5-4-6-8-21/h3-10,15-17,19-20,29H,1,11-14H2,2H3,(H2,28,31)(H,30,35). The summed E-state index contributed by atoms with van der Waals surface area (Å²) < 4.78 is 7.66. The number of nitrogens with one attached hydrogen (secondary N) is 2. The van der Waals surface area contributed by atoms with Gasteiger partial charge >= 0.3 is 0 Å². The molecule has 1 aliphatic carbocycles. The van der Waals surface area contributed by atoms with Gasteiger partial charge in [-0.15, -0.1) is 0 Å². The molecule has 0 aliphatic heterocycles. The third-order valence-corrected chi connectivity index (χ3v) is 6.23. The number of hydrazone groups is 1. The molecule has 1 aromatic heterocycles. The Labute approximate surface area is 210 Å². The number of ether oxygens (including phenoxy) is 1. The maximum Gasteiger partial charge on any atom is 0.243 e. The van der Waals surface area contributed by atoms with Gasteiger partial charge in [-0.2, -0.15) is 10.2 Å². The van der Waals surface area contributed by atoms with Crippen molar-refractivity contribution >= 4 is 18.0 Å². The lowest BCUT2D eigenvalue weighted by molar-refractivity contribution is -0.117. The van der Waals surface area contributed by atoms with Crippen molar-refractivity contribution in [3.8, 4) is 22.8 Å². The highest BCUT2D eigenvalue weighted by molar-refractivity contribution is 6.07. The Morgan fingerprint density at radius 2 is 1.78 bits per heavy atom. The van der Waals surface area contributed by atoms with Crippen LogP contribution in [0, 0.1) is 0 Å². The van der Waals surface area contributed by atoms with E-state index < -0.39 is 0 Å². The highest BCUT2D eigenvalue weighted by atomic mass is 16.5. The van der Waals surface area contributed by atoms with E-state index >= 15 is 0 Å².